The van der Waals surface area contributed by atoms with Crippen molar-refractivity contribution < 1.29 is 26.3 Å². The van der Waals surface area contributed by atoms with Crippen molar-refractivity contribution in [2.24, 2.45) is 0 Å². The van der Waals surface area contributed by atoms with E-state index in [9.17, 15) is 26.3 Å². The second kappa shape index (κ2) is 5.24. The first kappa shape index (κ1) is 14.9. The summed E-state index contributed by atoms with van der Waals surface area (Å²) in [5.41, 5.74) is -2.95. The zero-order valence-corrected chi connectivity index (χ0v) is 9.67. The molecule has 1 rings (SSSR count). The number of hydrogen-bond donors (Lipinski definition) is 1. The van der Waals surface area contributed by atoms with Gasteiger partial charge in [0.15, 0.2) is 0 Å². The normalized spacial score (nSPS) is 13.1. The Morgan fingerprint density at radius 2 is 1.61 bits per heavy atom. The molecule has 1 heterocycles. The zero-order chi connectivity index (χ0) is 14.0. The van der Waals surface area contributed by atoms with E-state index < -0.39 is 23.7 Å². The van der Waals surface area contributed by atoms with Gasteiger partial charge < -0.3 is 4.98 Å². The van der Waals surface area contributed by atoms with Gasteiger partial charge in [0, 0.05) is 0 Å². The van der Waals surface area contributed by atoms with Crippen molar-refractivity contribution in [2.75, 3.05) is 0 Å². The minimum Gasteiger partial charge on any atom is -0.347 e. The van der Waals surface area contributed by atoms with Gasteiger partial charge in [0.05, 0.1) is 0 Å². The third-order valence-corrected chi connectivity index (χ3v) is 2.54. The topological polar surface area (TPSA) is 15.8 Å². The second-order valence-corrected chi connectivity index (χ2v) is 4.04. The average molecular weight is 273 g/mol. The lowest BCUT2D eigenvalue weighted by molar-refractivity contribution is -0.148. The maximum atomic E-state index is 12.6. The molecule has 1 nitrogen and oxygen atoms in total. The summed E-state index contributed by atoms with van der Waals surface area (Å²) in [4.78, 5) is 1.44. The van der Waals surface area contributed by atoms with Crippen molar-refractivity contribution in [3.05, 3.63) is 23.0 Å². The first-order chi connectivity index (χ1) is 8.16. The third kappa shape index (κ3) is 3.68. The molecule has 1 aromatic heterocycles. The molecule has 1 aromatic rings. The second-order valence-electron chi connectivity index (χ2n) is 4.04. The molecule has 0 amide bonds. The van der Waals surface area contributed by atoms with Gasteiger partial charge >= 0.3 is 12.4 Å². The Morgan fingerprint density at radius 1 is 1.00 bits per heavy atom. The largest absolute Gasteiger partial charge is 0.431 e. The van der Waals surface area contributed by atoms with Crippen LogP contribution >= 0.6 is 0 Å². The molecule has 0 bridgehead atoms. The van der Waals surface area contributed by atoms with Crippen LogP contribution in [0.4, 0.5) is 26.3 Å². The van der Waals surface area contributed by atoms with Crippen molar-refractivity contribution in [2.45, 2.75) is 45.0 Å². The Kier molecular flexibility index (Phi) is 4.34. The lowest BCUT2D eigenvalue weighted by Gasteiger charge is -2.07. The summed E-state index contributed by atoms with van der Waals surface area (Å²) in [5, 5.41) is 0. The van der Waals surface area contributed by atoms with E-state index in [4.69, 9.17) is 0 Å². The van der Waals surface area contributed by atoms with E-state index in [-0.39, 0.29) is 12.0 Å². The fourth-order valence-corrected chi connectivity index (χ4v) is 1.67. The molecule has 0 aromatic carbocycles. The van der Waals surface area contributed by atoms with Crippen molar-refractivity contribution in [3.8, 4) is 0 Å². The van der Waals surface area contributed by atoms with Crippen LogP contribution in [0.3, 0.4) is 0 Å². The fourth-order valence-electron chi connectivity index (χ4n) is 1.67. The van der Waals surface area contributed by atoms with Gasteiger partial charge in [-0.1, -0.05) is 19.8 Å². The number of unbranched alkanes of at least 4 members (excludes halogenated alkanes) is 2. The van der Waals surface area contributed by atoms with Crippen LogP contribution in [0.1, 0.15) is 43.1 Å². The monoisotopic (exact) mass is 273 g/mol. The zero-order valence-electron chi connectivity index (χ0n) is 9.67. The highest BCUT2D eigenvalue weighted by Gasteiger charge is 2.40. The number of aryl methyl sites for hydroxylation is 1. The van der Waals surface area contributed by atoms with Gasteiger partial charge in [-0.25, -0.2) is 0 Å². The maximum Gasteiger partial charge on any atom is 0.431 e. The van der Waals surface area contributed by atoms with E-state index in [0.29, 0.717) is 18.9 Å². The quantitative estimate of drug-likeness (QED) is 0.600. The van der Waals surface area contributed by atoms with E-state index in [1.807, 2.05) is 6.92 Å². The van der Waals surface area contributed by atoms with Gasteiger partial charge in [-0.2, -0.15) is 26.3 Å². The summed E-state index contributed by atoms with van der Waals surface area (Å²) < 4.78 is 74.8. The molecule has 0 atom stereocenters. The Balaban J connectivity index is 3.02. The molecule has 0 aliphatic carbocycles. The van der Waals surface area contributed by atoms with E-state index >= 15 is 0 Å². The molecule has 1 N–H and O–H groups in total. The fraction of sp³-hybridized carbons (Fsp3) is 0.636. The molecule has 7 heteroatoms. The number of aromatic nitrogens is 1. The van der Waals surface area contributed by atoms with Crippen molar-refractivity contribution in [1.82, 2.24) is 4.98 Å². The van der Waals surface area contributed by atoms with Crippen LogP contribution in [-0.4, -0.2) is 4.98 Å². The van der Waals surface area contributed by atoms with Crippen molar-refractivity contribution >= 4 is 0 Å². The smallest absolute Gasteiger partial charge is 0.347 e. The van der Waals surface area contributed by atoms with Gasteiger partial charge in [-0.3, -0.25) is 0 Å². The van der Waals surface area contributed by atoms with Crippen LogP contribution in [0.2, 0.25) is 0 Å². The van der Waals surface area contributed by atoms with E-state index in [1.54, 1.807) is 0 Å². The van der Waals surface area contributed by atoms with Gasteiger partial charge in [0.25, 0.3) is 0 Å². The highest BCUT2D eigenvalue weighted by molar-refractivity contribution is 5.29. The van der Waals surface area contributed by atoms with E-state index in [2.05, 4.69) is 0 Å². The molecule has 0 aliphatic rings. The van der Waals surface area contributed by atoms with Crippen LogP contribution in [0.5, 0.6) is 0 Å². The highest BCUT2D eigenvalue weighted by atomic mass is 19.4. The predicted molar refractivity (Wildman–Crippen MR) is 54.0 cm³/mol. The van der Waals surface area contributed by atoms with E-state index in [0.717, 1.165) is 6.42 Å². The molecule has 0 fully saturated rings. The van der Waals surface area contributed by atoms with Crippen molar-refractivity contribution in [3.63, 3.8) is 0 Å². The number of alkyl halides is 6. The van der Waals surface area contributed by atoms with Crippen molar-refractivity contribution in [1.29, 1.82) is 0 Å². The minimum atomic E-state index is -4.79. The number of hydrogen-bond acceptors (Lipinski definition) is 0. The summed E-state index contributed by atoms with van der Waals surface area (Å²) in [6.07, 6.45) is -7.67. The molecular formula is C11H13F6N. The van der Waals surface area contributed by atoms with Crippen LogP contribution in [-0.2, 0) is 18.8 Å². The van der Waals surface area contributed by atoms with Crippen LogP contribution in [0, 0.1) is 0 Å². The molecule has 0 aliphatic heterocycles. The van der Waals surface area contributed by atoms with Gasteiger partial charge in [-0.05, 0) is 24.5 Å². The van der Waals surface area contributed by atoms with Gasteiger partial charge in [0.1, 0.15) is 11.4 Å². The Morgan fingerprint density at radius 3 is 2.06 bits per heavy atom. The maximum absolute atomic E-state index is 12.6. The molecule has 18 heavy (non-hydrogen) atoms. The predicted octanol–water partition coefficient (Wildman–Crippen LogP) is 4.79. The first-order valence-electron chi connectivity index (χ1n) is 5.52. The van der Waals surface area contributed by atoms with Gasteiger partial charge in [0.2, 0.25) is 0 Å². The van der Waals surface area contributed by atoms with Crippen LogP contribution < -0.4 is 0 Å². The molecule has 0 saturated heterocycles. The lowest BCUT2D eigenvalue weighted by Crippen LogP contribution is -2.10. The SMILES string of the molecule is CCCCCc1cc(C(F)(F)F)[nH]c1C(F)(F)F. The number of nitrogens with one attached hydrogen (secondary N) is 1. The highest BCUT2D eigenvalue weighted by Crippen LogP contribution is 2.37. The minimum absolute atomic E-state index is 0.00470. The molecule has 0 saturated carbocycles. The number of aromatic amines is 1. The number of H-pyrrole nitrogens is 1. The van der Waals surface area contributed by atoms with Crippen LogP contribution in [0.15, 0.2) is 6.07 Å². The third-order valence-electron chi connectivity index (χ3n) is 2.54. The molecule has 0 unspecified atom stereocenters. The molecule has 104 valence electrons. The standard InChI is InChI=1S/C11H13F6N/c1-2-3-4-5-7-6-8(10(12,13)14)18-9(7)11(15,16)17/h6,18H,2-5H2,1H3. The summed E-state index contributed by atoms with van der Waals surface area (Å²) >= 11 is 0. The lowest BCUT2D eigenvalue weighted by atomic mass is 10.1. The van der Waals surface area contributed by atoms with Gasteiger partial charge in [-0.15, -0.1) is 0 Å². The summed E-state index contributed by atoms with van der Waals surface area (Å²) in [7, 11) is 0. The van der Waals surface area contributed by atoms with E-state index in [1.165, 1.54) is 4.98 Å². The number of halogens is 6. The molecular weight excluding hydrogens is 260 g/mol. The molecule has 0 spiro atoms. The Labute approximate surface area is 100 Å². The molecule has 0 radical (unpaired) electrons. The summed E-state index contributed by atoms with van der Waals surface area (Å²) in [6.45, 7) is 1.86. The number of rotatable bonds is 4. The Hall–Kier alpha value is -1.14. The average Bonchev–Trinajstić information content (AvgIpc) is 2.61. The summed E-state index contributed by atoms with van der Waals surface area (Å²) in [6, 6.07) is 0.554. The van der Waals surface area contributed by atoms with Crippen LogP contribution in [0.25, 0.3) is 0 Å². The first-order valence-corrected chi connectivity index (χ1v) is 5.52. The Bertz CT molecular complexity index is 387. The summed E-state index contributed by atoms with van der Waals surface area (Å²) in [5.74, 6) is 0.